The van der Waals surface area contributed by atoms with Gasteiger partial charge >= 0.3 is 0 Å². The maximum atomic E-state index is 12.3. The summed E-state index contributed by atoms with van der Waals surface area (Å²) in [7, 11) is 0. The molecule has 122 valence electrons. The molecule has 0 bridgehead atoms. The number of benzene rings is 1. The Kier molecular flexibility index (Phi) is 5.16. The first-order valence-electron chi connectivity index (χ1n) is 7.67. The summed E-state index contributed by atoms with van der Waals surface area (Å²) < 4.78 is 0. The van der Waals surface area contributed by atoms with E-state index in [1.54, 1.807) is 18.2 Å². The largest absolute Gasteiger partial charge is 0.352 e. The summed E-state index contributed by atoms with van der Waals surface area (Å²) in [5, 5.41) is 12.4. The van der Waals surface area contributed by atoms with Gasteiger partial charge in [0.15, 0.2) is 5.69 Å². The van der Waals surface area contributed by atoms with E-state index >= 15 is 0 Å². The zero-order valence-corrected chi connectivity index (χ0v) is 13.9. The fraction of sp³-hybridized carbons (Fsp3) is 0.353. The van der Waals surface area contributed by atoms with Crippen LogP contribution in [-0.4, -0.2) is 28.6 Å². The van der Waals surface area contributed by atoms with Crippen molar-refractivity contribution in [2.24, 2.45) is 0 Å². The second-order valence-electron chi connectivity index (χ2n) is 5.71. The summed E-state index contributed by atoms with van der Waals surface area (Å²) in [4.78, 5) is 24.2. The highest BCUT2D eigenvalue weighted by molar-refractivity contribution is 6.04. The first kappa shape index (κ1) is 16.7. The number of carbonyl (C=O) groups excluding carboxylic acids is 2. The number of aromatic amines is 1. The summed E-state index contributed by atoms with van der Waals surface area (Å²) in [6, 6.07) is 6.96. The molecule has 0 aliphatic rings. The molecule has 0 saturated carbocycles. The van der Waals surface area contributed by atoms with Crippen LogP contribution in [0.5, 0.6) is 0 Å². The van der Waals surface area contributed by atoms with Gasteiger partial charge in [-0.05, 0) is 43.5 Å². The Hall–Kier alpha value is -2.63. The lowest BCUT2D eigenvalue weighted by molar-refractivity contribution is 0.0954. The molecule has 1 heterocycles. The lowest BCUT2D eigenvalue weighted by Gasteiger charge is -2.09. The zero-order valence-electron chi connectivity index (χ0n) is 13.9. The predicted octanol–water partition coefficient (Wildman–Crippen LogP) is 2.84. The van der Waals surface area contributed by atoms with Gasteiger partial charge in [0.25, 0.3) is 11.8 Å². The average Bonchev–Trinajstić information content (AvgIpc) is 3.00. The van der Waals surface area contributed by atoms with Crippen LogP contribution in [0.3, 0.4) is 0 Å². The SMILES string of the molecule is CCNC(=O)c1ccc(C)c(NC(=O)c2cc(C(C)C)[nH]n2)c1. The van der Waals surface area contributed by atoms with Crippen LogP contribution in [0.2, 0.25) is 0 Å². The van der Waals surface area contributed by atoms with E-state index < -0.39 is 0 Å². The fourth-order valence-corrected chi connectivity index (χ4v) is 2.10. The van der Waals surface area contributed by atoms with Gasteiger partial charge in [0.1, 0.15) is 0 Å². The number of hydrogen-bond acceptors (Lipinski definition) is 3. The third-order valence-corrected chi connectivity index (χ3v) is 3.54. The molecule has 0 spiro atoms. The van der Waals surface area contributed by atoms with E-state index in [1.807, 2.05) is 33.8 Å². The van der Waals surface area contributed by atoms with Crippen LogP contribution < -0.4 is 10.6 Å². The molecule has 0 atom stereocenters. The van der Waals surface area contributed by atoms with Crippen molar-refractivity contribution < 1.29 is 9.59 Å². The number of hydrogen-bond donors (Lipinski definition) is 3. The molecule has 0 radical (unpaired) electrons. The van der Waals surface area contributed by atoms with E-state index in [4.69, 9.17) is 0 Å². The number of H-pyrrole nitrogens is 1. The van der Waals surface area contributed by atoms with Crippen molar-refractivity contribution in [3.05, 3.63) is 46.8 Å². The first-order valence-corrected chi connectivity index (χ1v) is 7.67. The molecule has 1 aromatic heterocycles. The number of anilines is 1. The number of nitrogens with zero attached hydrogens (tertiary/aromatic N) is 1. The van der Waals surface area contributed by atoms with Gasteiger partial charge < -0.3 is 10.6 Å². The standard InChI is InChI=1S/C17H22N4O2/c1-5-18-16(22)12-7-6-11(4)14(8-12)19-17(23)15-9-13(10(2)3)20-21-15/h6-10H,5H2,1-4H3,(H,18,22)(H,19,23)(H,20,21). The Labute approximate surface area is 135 Å². The Morgan fingerprint density at radius 2 is 1.96 bits per heavy atom. The summed E-state index contributed by atoms with van der Waals surface area (Å²) in [5.74, 6) is -0.194. The number of carbonyl (C=O) groups is 2. The Morgan fingerprint density at radius 3 is 2.57 bits per heavy atom. The van der Waals surface area contributed by atoms with E-state index in [9.17, 15) is 9.59 Å². The number of aromatic nitrogens is 2. The van der Waals surface area contributed by atoms with Crippen LogP contribution >= 0.6 is 0 Å². The third-order valence-electron chi connectivity index (χ3n) is 3.54. The van der Waals surface area contributed by atoms with Crippen LogP contribution in [0.4, 0.5) is 5.69 Å². The van der Waals surface area contributed by atoms with Crippen LogP contribution in [-0.2, 0) is 0 Å². The maximum absolute atomic E-state index is 12.3. The van der Waals surface area contributed by atoms with Crippen molar-refractivity contribution in [2.45, 2.75) is 33.6 Å². The van der Waals surface area contributed by atoms with Gasteiger partial charge in [0.05, 0.1) is 0 Å². The van der Waals surface area contributed by atoms with Crippen molar-refractivity contribution in [3.63, 3.8) is 0 Å². The van der Waals surface area contributed by atoms with Crippen molar-refractivity contribution >= 4 is 17.5 Å². The molecule has 0 aliphatic heterocycles. The van der Waals surface area contributed by atoms with Crippen molar-refractivity contribution in [3.8, 4) is 0 Å². The van der Waals surface area contributed by atoms with Crippen molar-refractivity contribution in [1.29, 1.82) is 0 Å². The van der Waals surface area contributed by atoms with Gasteiger partial charge in [-0.2, -0.15) is 5.10 Å². The topological polar surface area (TPSA) is 86.9 Å². The second kappa shape index (κ2) is 7.09. The quantitative estimate of drug-likeness (QED) is 0.793. The van der Waals surface area contributed by atoms with Gasteiger partial charge in [-0.3, -0.25) is 14.7 Å². The molecular formula is C17H22N4O2. The number of amides is 2. The highest BCUT2D eigenvalue weighted by Crippen LogP contribution is 2.19. The smallest absolute Gasteiger partial charge is 0.276 e. The minimum absolute atomic E-state index is 0.162. The molecule has 1 aromatic carbocycles. The van der Waals surface area contributed by atoms with E-state index in [0.29, 0.717) is 23.5 Å². The summed E-state index contributed by atoms with van der Waals surface area (Å²) in [5.41, 5.74) is 3.23. The molecule has 0 fully saturated rings. The lowest BCUT2D eigenvalue weighted by atomic mass is 10.1. The average molecular weight is 314 g/mol. The molecule has 6 heteroatoms. The van der Waals surface area contributed by atoms with Crippen LogP contribution in [0.1, 0.15) is 58.8 Å². The molecule has 23 heavy (non-hydrogen) atoms. The predicted molar refractivity (Wildman–Crippen MR) is 89.8 cm³/mol. The number of nitrogens with one attached hydrogen (secondary N) is 3. The molecule has 0 saturated heterocycles. The second-order valence-corrected chi connectivity index (χ2v) is 5.71. The number of rotatable bonds is 5. The molecule has 3 N–H and O–H groups in total. The molecule has 6 nitrogen and oxygen atoms in total. The van der Waals surface area contributed by atoms with Crippen LogP contribution in [0, 0.1) is 6.92 Å². The van der Waals surface area contributed by atoms with Crippen LogP contribution in [0.25, 0.3) is 0 Å². The van der Waals surface area contributed by atoms with Gasteiger partial charge in [-0.25, -0.2) is 0 Å². The summed E-state index contributed by atoms with van der Waals surface area (Å²) in [6.45, 7) is 8.34. The Bertz CT molecular complexity index is 719. The van der Waals surface area contributed by atoms with Gasteiger partial charge in [-0.1, -0.05) is 19.9 Å². The third kappa shape index (κ3) is 3.97. The maximum Gasteiger partial charge on any atom is 0.276 e. The molecule has 0 unspecified atom stereocenters. The first-order chi connectivity index (χ1) is 10.9. The van der Waals surface area contributed by atoms with Gasteiger partial charge in [-0.15, -0.1) is 0 Å². The van der Waals surface area contributed by atoms with E-state index in [0.717, 1.165) is 11.3 Å². The van der Waals surface area contributed by atoms with Crippen molar-refractivity contribution in [1.82, 2.24) is 15.5 Å². The minimum Gasteiger partial charge on any atom is -0.352 e. The fourth-order valence-electron chi connectivity index (χ4n) is 2.10. The molecule has 2 rings (SSSR count). The Morgan fingerprint density at radius 1 is 1.22 bits per heavy atom. The Balaban J connectivity index is 2.19. The zero-order chi connectivity index (χ0) is 17.0. The minimum atomic E-state index is -0.302. The molecule has 2 aromatic rings. The highest BCUT2D eigenvalue weighted by atomic mass is 16.2. The van der Waals surface area contributed by atoms with Gasteiger partial charge in [0, 0.05) is 23.5 Å². The summed E-state index contributed by atoms with van der Waals surface area (Å²) >= 11 is 0. The van der Waals surface area contributed by atoms with E-state index in [2.05, 4.69) is 20.8 Å². The monoisotopic (exact) mass is 314 g/mol. The molecular weight excluding hydrogens is 292 g/mol. The molecule has 2 amide bonds. The van der Waals surface area contributed by atoms with Crippen molar-refractivity contribution in [2.75, 3.05) is 11.9 Å². The van der Waals surface area contributed by atoms with Crippen LogP contribution in [0.15, 0.2) is 24.3 Å². The summed E-state index contributed by atoms with van der Waals surface area (Å²) in [6.07, 6.45) is 0. The lowest BCUT2D eigenvalue weighted by Crippen LogP contribution is -2.23. The van der Waals surface area contributed by atoms with E-state index in [1.165, 1.54) is 0 Å². The van der Waals surface area contributed by atoms with E-state index in [-0.39, 0.29) is 17.7 Å². The highest BCUT2D eigenvalue weighted by Gasteiger charge is 2.14. The number of aryl methyl sites for hydroxylation is 1. The molecule has 0 aliphatic carbocycles. The van der Waals surface area contributed by atoms with Gasteiger partial charge in [0.2, 0.25) is 0 Å². The normalized spacial score (nSPS) is 10.7.